The maximum atomic E-state index is 12.7. The van der Waals surface area contributed by atoms with Gasteiger partial charge >= 0.3 is 5.97 Å². The van der Waals surface area contributed by atoms with E-state index in [2.05, 4.69) is 10.6 Å². The summed E-state index contributed by atoms with van der Waals surface area (Å²) >= 11 is 0. The van der Waals surface area contributed by atoms with Crippen molar-refractivity contribution < 1.29 is 18.7 Å². The van der Waals surface area contributed by atoms with Crippen LogP contribution in [0.1, 0.15) is 6.92 Å². The standard InChI is InChI=1S/C15H17FN2O3/c1-11(19)21-14-6-7-15(18-10-14)17-8-9-20-13-4-2-12(16)3-5-13/h2-7,10,15,17-18H,8-9H2,1H3. The van der Waals surface area contributed by atoms with Gasteiger partial charge < -0.3 is 14.8 Å². The maximum absolute atomic E-state index is 12.7. The molecule has 21 heavy (non-hydrogen) atoms. The van der Waals surface area contributed by atoms with Crippen molar-refractivity contribution in [3.63, 3.8) is 0 Å². The van der Waals surface area contributed by atoms with E-state index in [4.69, 9.17) is 9.47 Å². The van der Waals surface area contributed by atoms with Crippen molar-refractivity contribution in [1.82, 2.24) is 10.6 Å². The predicted octanol–water partition coefficient (Wildman–Crippen LogP) is 1.68. The van der Waals surface area contributed by atoms with Gasteiger partial charge in [0.25, 0.3) is 0 Å². The third-order valence-corrected chi connectivity index (χ3v) is 2.67. The van der Waals surface area contributed by atoms with Crippen LogP contribution in [0.15, 0.2) is 48.4 Å². The summed E-state index contributed by atoms with van der Waals surface area (Å²) < 4.78 is 23.1. The maximum Gasteiger partial charge on any atom is 0.308 e. The lowest BCUT2D eigenvalue weighted by Gasteiger charge is -2.19. The summed E-state index contributed by atoms with van der Waals surface area (Å²) in [6.07, 6.45) is 5.13. The molecule has 2 N–H and O–H groups in total. The van der Waals surface area contributed by atoms with Crippen LogP contribution in [0.3, 0.4) is 0 Å². The van der Waals surface area contributed by atoms with Gasteiger partial charge in [-0.1, -0.05) is 0 Å². The number of nitrogens with one attached hydrogen (secondary N) is 2. The van der Waals surface area contributed by atoms with Crippen molar-refractivity contribution in [2.75, 3.05) is 13.2 Å². The Morgan fingerprint density at radius 1 is 1.38 bits per heavy atom. The molecule has 1 aliphatic heterocycles. The smallest absolute Gasteiger partial charge is 0.308 e. The van der Waals surface area contributed by atoms with Crippen LogP contribution in [0.25, 0.3) is 0 Å². The Morgan fingerprint density at radius 3 is 2.76 bits per heavy atom. The second-order valence-electron chi connectivity index (χ2n) is 4.40. The molecule has 0 spiro atoms. The lowest BCUT2D eigenvalue weighted by atomic mass is 10.3. The lowest BCUT2D eigenvalue weighted by Crippen LogP contribution is -2.41. The summed E-state index contributed by atoms with van der Waals surface area (Å²) in [7, 11) is 0. The van der Waals surface area contributed by atoms with Gasteiger partial charge in [-0.05, 0) is 36.4 Å². The molecule has 1 aromatic rings. The Labute approximate surface area is 122 Å². The van der Waals surface area contributed by atoms with E-state index in [1.165, 1.54) is 19.1 Å². The number of rotatable bonds is 6. The number of hydrogen-bond acceptors (Lipinski definition) is 5. The van der Waals surface area contributed by atoms with Crippen LogP contribution >= 0.6 is 0 Å². The molecular formula is C15H17FN2O3. The van der Waals surface area contributed by atoms with Crippen LogP contribution in [-0.4, -0.2) is 25.3 Å². The zero-order valence-electron chi connectivity index (χ0n) is 11.6. The molecule has 0 amide bonds. The quantitative estimate of drug-likeness (QED) is 0.617. The normalized spacial score (nSPS) is 16.9. The predicted molar refractivity (Wildman–Crippen MR) is 75.8 cm³/mol. The van der Waals surface area contributed by atoms with Crippen molar-refractivity contribution in [3.05, 3.63) is 54.2 Å². The van der Waals surface area contributed by atoms with Crippen molar-refractivity contribution in [2.24, 2.45) is 0 Å². The van der Waals surface area contributed by atoms with Crippen molar-refractivity contribution >= 4 is 5.97 Å². The Balaban J connectivity index is 1.64. The third kappa shape index (κ3) is 5.27. The average molecular weight is 292 g/mol. The number of esters is 1. The van der Waals surface area contributed by atoms with E-state index in [0.29, 0.717) is 24.7 Å². The molecule has 1 heterocycles. The van der Waals surface area contributed by atoms with Crippen LogP contribution < -0.4 is 15.4 Å². The van der Waals surface area contributed by atoms with Crippen molar-refractivity contribution in [1.29, 1.82) is 0 Å². The number of ether oxygens (including phenoxy) is 2. The van der Waals surface area contributed by atoms with Gasteiger partial charge in [-0.2, -0.15) is 0 Å². The summed E-state index contributed by atoms with van der Waals surface area (Å²) in [6, 6.07) is 5.88. The average Bonchev–Trinajstić information content (AvgIpc) is 2.46. The molecule has 1 aliphatic rings. The lowest BCUT2D eigenvalue weighted by molar-refractivity contribution is -0.136. The van der Waals surface area contributed by atoms with E-state index >= 15 is 0 Å². The molecule has 0 saturated carbocycles. The van der Waals surface area contributed by atoms with Crippen LogP contribution in [0.4, 0.5) is 4.39 Å². The minimum atomic E-state index is -0.355. The Bertz CT molecular complexity index is 540. The van der Waals surface area contributed by atoms with Gasteiger partial charge in [-0.25, -0.2) is 4.39 Å². The van der Waals surface area contributed by atoms with E-state index in [1.807, 2.05) is 6.08 Å². The second-order valence-corrected chi connectivity index (χ2v) is 4.40. The van der Waals surface area contributed by atoms with Gasteiger partial charge in [-0.3, -0.25) is 10.1 Å². The van der Waals surface area contributed by atoms with Crippen LogP contribution in [0.2, 0.25) is 0 Å². The zero-order chi connectivity index (χ0) is 15.1. The number of halogens is 1. The number of benzene rings is 1. The monoisotopic (exact) mass is 292 g/mol. The van der Waals surface area contributed by atoms with E-state index in [9.17, 15) is 9.18 Å². The molecule has 1 unspecified atom stereocenters. The highest BCUT2D eigenvalue weighted by Crippen LogP contribution is 2.10. The number of carbonyl (C=O) groups is 1. The Morgan fingerprint density at radius 2 is 2.14 bits per heavy atom. The first kappa shape index (κ1) is 15.1. The highest BCUT2D eigenvalue weighted by Gasteiger charge is 2.08. The van der Waals surface area contributed by atoms with Gasteiger partial charge in [0.05, 0.1) is 6.17 Å². The first-order valence-electron chi connectivity index (χ1n) is 6.58. The number of allylic oxidation sites excluding steroid dienone is 1. The summed E-state index contributed by atoms with van der Waals surface area (Å²) in [5, 5.41) is 6.23. The molecule has 0 bridgehead atoms. The molecule has 0 fully saturated rings. The largest absolute Gasteiger partial charge is 0.492 e. The molecule has 0 aliphatic carbocycles. The van der Waals surface area contributed by atoms with Crippen molar-refractivity contribution in [3.8, 4) is 5.75 Å². The van der Waals surface area contributed by atoms with E-state index < -0.39 is 0 Å². The second kappa shape index (κ2) is 7.44. The Hall–Kier alpha value is -2.34. The molecule has 1 atom stereocenters. The summed E-state index contributed by atoms with van der Waals surface area (Å²) in [6.45, 7) is 2.42. The Kier molecular flexibility index (Phi) is 5.34. The third-order valence-electron chi connectivity index (χ3n) is 2.67. The highest BCUT2D eigenvalue weighted by molar-refractivity contribution is 5.67. The molecule has 5 nitrogen and oxygen atoms in total. The first-order chi connectivity index (χ1) is 10.1. The minimum absolute atomic E-state index is 0.0545. The van der Waals surface area contributed by atoms with Crippen LogP contribution in [0.5, 0.6) is 5.75 Å². The molecule has 112 valence electrons. The van der Waals surface area contributed by atoms with Crippen LogP contribution in [0, 0.1) is 5.82 Å². The summed E-state index contributed by atoms with van der Waals surface area (Å²) in [5.41, 5.74) is 0. The zero-order valence-corrected chi connectivity index (χ0v) is 11.6. The van der Waals surface area contributed by atoms with Gasteiger partial charge in [0.15, 0.2) is 0 Å². The molecular weight excluding hydrogens is 275 g/mol. The molecule has 0 saturated heterocycles. The molecule has 0 radical (unpaired) electrons. The molecule has 0 aromatic heterocycles. The van der Waals surface area contributed by atoms with E-state index in [0.717, 1.165) is 0 Å². The molecule has 6 heteroatoms. The minimum Gasteiger partial charge on any atom is -0.492 e. The molecule has 2 rings (SSSR count). The van der Waals surface area contributed by atoms with Gasteiger partial charge in [-0.15, -0.1) is 0 Å². The topological polar surface area (TPSA) is 59.6 Å². The SMILES string of the molecule is CC(=O)OC1=CNC(NCCOc2ccc(F)cc2)C=C1. The fraction of sp³-hybridized carbons (Fsp3) is 0.267. The van der Waals surface area contributed by atoms with Gasteiger partial charge in [0.1, 0.15) is 23.9 Å². The van der Waals surface area contributed by atoms with Crippen molar-refractivity contribution in [2.45, 2.75) is 13.1 Å². The van der Waals surface area contributed by atoms with E-state index in [-0.39, 0.29) is 18.0 Å². The highest BCUT2D eigenvalue weighted by atomic mass is 19.1. The number of carbonyl (C=O) groups excluding carboxylic acids is 1. The number of dihydropyridines is 1. The number of hydrogen-bond donors (Lipinski definition) is 2. The fourth-order valence-electron chi connectivity index (χ4n) is 1.74. The van der Waals surface area contributed by atoms with Gasteiger partial charge in [0.2, 0.25) is 0 Å². The summed E-state index contributed by atoms with van der Waals surface area (Å²) in [4.78, 5) is 10.8. The fourth-order valence-corrected chi connectivity index (χ4v) is 1.74. The van der Waals surface area contributed by atoms with Crippen LogP contribution in [-0.2, 0) is 9.53 Å². The first-order valence-corrected chi connectivity index (χ1v) is 6.58. The molecule has 1 aromatic carbocycles. The van der Waals surface area contributed by atoms with Gasteiger partial charge in [0, 0.05) is 19.7 Å². The van der Waals surface area contributed by atoms with E-state index in [1.54, 1.807) is 24.4 Å². The summed E-state index contributed by atoms with van der Waals surface area (Å²) in [5.74, 6) is 0.463.